The summed E-state index contributed by atoms with van der Waals surface area (Å²) in [4.78, 5) is 13.4. The first-order valence-corrected chi connectivity index (χ1v) is 7.34. The van der Waals surface area contributed by atoms with E-state index in [1.807, 2.05) is 12.1 Å². The highest BCUT2D eigenvalue weighted by Gasteiger charge is 2.18. The zero-order valence-corrected chi connectivity index (χ0v) is 12.2. The standard InChI is InChI=1S/C16H20N4O/c1-11-3-2-8-20(10-11)15-6-4-12(9-13(15)17)14-5-7-16(21)19-18-14/h4-7,9,11H,2-3,8,10,17H2,1H3,(H,19,21). The summed E-state index contributed by atoms with van der Waals surface area (Å²) >= 11 is 0. The Morgan fingerprint density at radius 2 is 2.19 bits per heavy atom. The average Bonchev–Trinajstić information content (AvgIpc) is 2.48. The lowest BCUT2D eigenvalue weighted by Gasteiger charge is -2.33. The van der Waals surface area contributed by atoms with Crippen molar-refractivity contribution in [3.63, 3.8) is 0 Å². The molecule has 0 saturated carbocycles. The minimum Gasteiger partial charge on any atom is -0.397 e. The zero-order valence-electron chi connectivity index (χ0n) is 12.2. The summed E-state index contributed by atoms with van der Waals surface area (Å²) in [5.74, 6) is 0.707. The Balaban J connectivity index is 1.89. The first-order valence-electron chi connectivity index (χ1n) is 7.34. The van der Waals surface area contributed by atoms with Crippen LogP contribution in [-0.4, -0.2) is 23.3 Å². The smallest absolute Gasteiger partial charge is 0.264 e. The maximum Gasteiger partial charge on any atom is 0.264 e. The molecule has 0 aliphatic carbocycles. The Morgan fingerprint density at radius 3 is 2.86 bits per heavy atom. The van der Waals surface area contributed by atoms with E-state index in [0.29, 0.717) is 5.92 Å². The van der Waals surface area contributed by atoms with Crippen molar-refractivity contribution in [1.82, 2.24) is 10.2 Å². The average molecular weight is 284 g/mol. The molecule has 0 spiro atoms. The van der Waals surface area contributed by atoms with E-state index in [1.54, 1.807) is 6.07 Å². The van der Waals surface area contributed by atoms with Gasteiger partial charge in [-0.1, -0.05) is 13.0 Å². The van der Waals surface area contributed by atoms with Gasteiger partial charge in [-0.15, -0.1) is 0 Å². The van der Waals surface area contributed by atoms with Crippen molar-refractivity contribution in [2.45, 2.75) is 19.8 Å². The van der Waals surface area contributed by atoms with Gasteiger partial charge in [-0.05, 0) is 37.0 Å². The fraction of sp³-hybridized carbons (Fsp3) is 0.375. The van der Waals surface area contributed by atoms with Gasteiger partial charge in [0, 0.05) is 24.7 Å². The van der Waals surface area contributed by atoms with Crippen LogP contribution in [-0.2, 0) is 0 Å². The molecule has 0 radical (unpaired) electrons. The summed E-state index contributed by atoms with van der Waals surface area (Å²) in [6.07, 6.45) is 2.50. The number of piperidine rings is 1. The fourth-order valence-electron chi connectivity index (χ4n) is 2.92. The van der Waals surface area contributed by atoms with Crippen LogP contribution in [0.4, 0.5) is 11.4 Å². The lowest BCUT2D eigenvalue weighted by atomic mass is 9.99. The van der Waals surface area contributed by atoms with Crippen LogP contribution in [0.5, 0.6) is 0 Å². The maximum absolute atomic E-state index is 11.1. The number of rotatable bonds is 2. The molecule has 2 heterocycles. The van der Waals surface area contributed by atoms with Crippen LogP contribution >= 0.6 is 0 Å². The topological polar surface area (TPSA) is 75.0 Å². The van der Waals surface area contributed by atoms with E-state index in [1.165, 1.54) is 18.9 Å². The fourth-order valence-corrected chi connectivity index (χ4v) is 2.92. The molecule has 5 heteroatoms. The molecule has 5 nitrogen and oxygen atoms in total. The second kappa shape index (κ2) is 5.60. The summed E-state index contributed by atoms with van der Waals surface area (Å²) in [5.41, 5.74) is 9.51. The quantitative estimate of drug-likeness (QED) is 0.829. The third kappa shape index (κ3) is 2.91. The van der Waals surface area contributed by atoms with Crippen molar-refractivity contribution in [2.24, 2.45) is 5.92 Å². The third-order valence-corrected chi connectivity index (χ3v) is 4.00. The molecule has 0 bridgehead atoms. The zero-order chi connectivity index (χ0) is 14.8. The van der Waals surface area contributed by atoms with E-state index >= 15 is 0 Å². The van der Waals surface area contributed by atoms with Gasteiger partial charge < -0.3 is 10.6 Å². The van der Waals surface area contributed by atoms with Crippen molar-refractivity contribution in [3.05, 3.63) is 40.7 Å². The highest BCUT2D eigenvalue weighted by molar-refractivity contribution is 5.75. The molecule has 1 aliphatic heterocycles. The Morgan fingerprint density at radius 1 is 1.33 bits per heavy atom. The monoisotopic (exact) mass is 284 g/mol. The van der Waals surface area contributed by atoms with E-state index < -0.39 is 0 Å². The Hall–Kier alpha value is -2.30. The summed E-state index contributed by atoms with van der Waals surface area (Å²) in [6, 6.07) is 9.16. The minimum absolute atomic E-state index is 0.203. The molecule has 0 amide bonds. The van der Waals surface area contributed by atoms with Gasteiger partial charge in [0.1, 0.15) is 0 Å². The van der Waals surface area contributed by atoms with E-state index in [-0.39, 0.29) is 5.56 Å². The summed E-state index contributed by atoms with van der Waals surface area (Å²) in [7, 11) is 0. The predicted molar refractivity (Wildman–Crippen MR) is 85.3 cm³/mol. The van der Waals surface area contributed by atoms with Gasteiger partial charge in [-0.25, -0.2) is 5.10 Å². The summed E-state index contributed by atoms with van der Waals surface area (Å²) < 4.78 is 0. The van der Waals surface area contributed by atoms with Crippen molar-refractivity contribution in [1.29, 1.82) is 0 Å². The number of H-pyrrole nitrogens is 1. The van der Waals surface area contributed by atoms with Gasteiger partial charge in [0.25, 0.3) is 5.56 Å². The molecule has 1 aromatic carbocycles. The highest BCUT2D eigenvalue weighted by atomic mass is 16.1. The number of anilines is 2. The number of hydrogen-bond acceptors (Lipinski definition) is 4. The van der Waals surface area contributed by atoms with E-state index in [4.69, 9.17) is 5.73 Å². The molecule has 3 N–H and O–H groups in total. The van der Waals surface area contributed by atoms with Gasteiger partial charge in [0.2, 0.25) is 0 Å². The van der Waals surface area contributed by atoms with Gasteiger partial charge in [0.15, 0.2) is 0 Å². The van der Waals surface area contributed by atoms with Gasteiger partial charge >= 0.3 is 0 Å². The molecule has 3 rings (SSSR count). The second-order valence-corrected chi connectivity index (χ2v) is 5.77. The number of nitrogens with two attached hydrogens (primary N) is 1. The van der Waals surface area contributed by atoms with E-state index in [0.717, 1.165) is 35.7 Å². The molecule has 1 unspecified atom stereocenters. The van der Waals surface area contributed by atoms with Crippen molar-refractivity contribution < 1.29 is 0 Å². The number of nitrogen functional groups attached to an aromatic ring is 1. The number of aromatic amines is 1. The Bertz CT molecular complexity index is 674. The van der Waals surface area contributed by atoms with Crippen LogP contribution in [0.1, 0.15) is 19.8 Å². The van der Waals surface area contributed by atoms with Crippen LogP contribution in [0.15, 0.2) is 35.1 Å². The molecular weight excluding hydrogens is 264 g/mol. The van der Waals surface area contributed by atoms with Crippen LogP contribution in [0.25, 0.3) is 11.3 Å². The van der Waals surface area contributed by atoms with Gasteiger partial charge in [-0.3, -0.25) is 4.79 Å². The molecule has 1 fully saturated rings. The lowest BCUT2D eigenvalue weighted by Crippen LogP contribution is -2.34. The summed E-state index contributed by atoms with van der Waals surface area (Å²) in [5, 5.41) is 6.48. The lowest BCUT2D eigenvalue weighted by molar-refractivity contribution is 0.447. The van der Waals surface area contributed by atoms with E-state index in [9.17, 15) is 4.79 Å². The SMILES string of the molecule is CC1CCCN(c2ccc(-c3ccc(=O)[nH]n3)cc2N)C1. The second-order valence-electron chi connectivity index (χ2n) is 5.77. The molecule has 21 heavy (non-hydrogen) atoms. The first kappa shape index (κ1) is 13.7. The minimum atomic E-state index is -0.203. The summed E-state index contributed by atoms with van der Waals surface area (Å²) in [6.45, 7) is 4.40. The molecule has 1 atom stereocenters. The normalized spacial score (nSPS) is 18.7. The number of hydrogen-bond donors (Lipinski definition) is 2. The van der Waals surface area contributed by atoms with Crippen LogP contribution in [0.3, 0.4) is 0 Å². The van der Waals surface area contributed by atoms with Gasteiger partial charge in [0.05, 0.1) is 17.1 Å². The van der Waals surface area contributed by atoms with Crippen molar-refractivity contribution in [2.75, 3.05) is 23.7 Å². The highest BCUT2D eigenvalue weighted by Crippen LogP contribution is 2.31. The maximum atomic E-state index is 11.1. The molecule has 1 saturated heterocycles. The van der Waals surface area contributed by atoms with Crippen molar-refractivity contribution >= 4 is 11.4 Å². The van der Waals surface area contributed by atoms with E-state index in [2.05, 4.69) is 28.1 Å². The Labute approximate surface area is 123 Å². The number of aromatic nitrogens is 2. The number of nitrogens with zero attached hydrogens (tertiary/aromatic N) is 2. The largest absolute Gasteiger partial charge is 0.397 e. The van der Waals surface area contributed by atoms with Crippen LogP contribution in [0, 0.1) is 5.92 Å². The van der Waals surface area contributed by atoms with Crippen LogP contribution < -0.4 is 16.2 Å². The molecular formula is C16H20N4O. The molecule has 2 aromatic rings. The van der Waals surface area contributed by atoms with Crippen LogP contribution in [0.2, 0.25) is 0 Å². The number of nitrogens with one attached hydrogen (secondary N) is 1. The van der Waals surface area contributed by atoms with Gasteiger partial charge in [-0.2, -0.15) is 5.10 Å². The number of benzene rings is 1. The third-order valence-electron chi connectivity index (χ3n) is 4.00. The molecule has 1 aromatic heterocycles. The molecule has 110 valence electrons. The predicted octanol–water partition coefficient (Wildman–Crippen LogP) is 2.26. The van der Waals surface area contributed by atoms with Crippen molar-refractivity contribution in [3.8, 4) is 11.3 Å². The molecule has 1 aliphatic rings. The Kier molecular flexibility index (Phi) is 3.64. The first-order chi connectivity index (χ1) is 10.1.